The molecule has 138 valence electrons. The number of aliphatic carboxylic acids is 1. The number of carboxylic acid groups (broad SMARTS) is 1. The van der Waals surface area contributed by atoms with E-state index in [0.29, 0.717) is 19.3 Å². The molecule has 1 atom stereocenters. The molecule has 0 unspecified atom stereocenters. The van der Waals surface area contributed by atoms with Crippen LogP contribution in [0.3, 0.4) is 0 Å². The molecule has 3 N–H and O–H groups in total. The number of ether oxygens (including phenoxy) is 1. The first-order chi connectivity index (χ1) is 10.9. The smallest absolute Gasteiger partial charge is 0.408 e. The van der Waals surface area contributed by atoms with Crippen LogP contribution < -0.4 is 10.6 Å². The molecule has 0 radical (unpaired) electrons. The van der Waals surface area contributed by atoms with Crippen LogP contribution in [0, 0.1) is 5.92 Å². The molecular weight excluding hydrogens is 312 g/mol. The minimum Gasteiger partial charge on any atom is -0.480 e. The van der Waals surface area contributed by atoms with Crippen LogP contribution in [-0.2, 0) is 14.3 Å². The van der Waals surface area contributed by atoms with Gasteiger partial charge in [-0.15, -0.1) is 0 Å². The Morgan fingerprint density at radius 3 is 2.17 bits per heavy atom. The molecule has 7 nitrogen and oxygen atoms in total. The van der Waals surface area contributed by atoms with E-state index in [1.807, 2.05) is 13.8 Å². The second kappa shape index (κ2) is 7.85. The number of rotatable bonds is 7. The van der Waals surface area contributed by atoms with E-state index in [1.54, 1.807) is 20.8 Å². The van der Waals surface area contributed by atoms with E-state index in [9.17, 15) is 19.5 Å². The van der Waals surface area contributed by atoms with Gasteiger partial charge >= 0.3 is 12.1 Å². The van der Waals surface area contributed by atoms with E-state index in [2.05, 4.69) is 10.6 Å². The zero-order valence-corrected chi connectivity index (χ0v) is 15.3. The molecule has 1 rings (SSSR count). The fraction of sp³-hybridized carbons (Fsp3) is 0.824. The summed E-state index contributed by atoms with van der Waals surface area (Å²) in [6, 6.07) is -0.906. The lowest BCUT2D eigenvalue weighted by Crippen LogP contribution is -2.57. The van der Waals surface area contributed by atoms with Crippen molar-refractivity contribution in [3.8, 4) is 0 Å². The quantitative estimate of drug-likeness (QED) is 0.659. The molecule has 0 aromatic carbocycles. The Morgan fingerprint density at radius 1 is 1.21 bits per heavy atom. The number of carbonyl (C=O) groups excluding carboxylic acids is 2. The van der Waals surface area contributed by atoms with Gasteiger partial charge in [0.15, 0.2) is 0 Å². The summed E-state index contributed by atoms with van der Waals surface area (Å²) in [7, 11) is 0. The highest BCUT2D eigenvalue weighted by molar-refractivity contribution is 5.84. The Kier molecular flexibility index (Phi) is 6.63. The number of nitrogens with one attached hydrogen (secondary N) is 2. The molecule has 1 fully saturated rings. The Morgan fingerprint density at radius 2 is 1.79 bits per heavy atom. The van der Waals surface area contributed by atoms with Gasteiger partial charge in [0, 0.05) is 6.42 Å². The van der Waals surface area contributed by atoms with E-state index in [-0.39, 0.29) is 18.2 Å². The number of carboxylic acids is 1. The summed E-state index contributed by atoms with van der Waals surface area (Å²) in [4.78, 5) is 35.5. The minimum atomic E-state index is -1.04. The van der Waals surface area contributed by atoms with Gasteiger partial charge in [-0.2, -0.15) is 0 Å². The summed E-state index contributed by atoms with van der Waals surface area (Å²) >= 11 is 0. The van der Waals surface area contributed by atoms with Crippen molar-refractivity contribution in [3.05, 3.63) is 0 Å². The van der Waals surface area contributed by atoms with Gasteiger partial charge in [-0.3, -0.25) is 4.79 Å². The Labute approximate surface area is 143 Å². The van der Waals surface area contributed by atoms with Crippen molar-refractivity contribution < 1.29 is 24.2 Å². The van der Waals surface area contributed by atoms with Crippen LogP contribution in [0.1, 0.15) is 66.7 Å². The molecule has 0 aromatic heterocycles. The largest absolute Gasteiger partial charge is 0.480 e. The monoisotopic (exact) mass is 342 g/mol. The molecule has 1 aliphatic carbocycles. The summed E-state index contributed by atoms with van der Waals surface area (Å²) < 4.78 is 5.25. The van der Waals surface area contributed by atoms with Gasteiger partial charge in [-0.05, 0) is 52.4 Å². The van der Waals surface area contributed by atoms with Gasteiger partial charge in [0.05, 0.1) is 5.54 Å². The van der Waals surface area contributed by atoms with Crippen LogP contribution in [0.15, 0.2) is 0 Å². The number of carbonyl (C=O) groups is 3. The second-order valence-corrected chi connectivity index (χ2v) is 8.03. The number of hydrogen-bond acceptors (Lipinski definition) is 4. The molecule has 0 bridgehead atoms. The highest BCUT2D eigenvalue weighted by Gasteiger charge is 2.41. The van der Waals surface area contributed by atoms with Crippen LogP contribution in [0.25, 0.3) is 0 Å². The lowest BCUT2D eigenvalue weighted by atomic mass is 9.74. The zero-order chi connectivity index (χ0) is 18.5. The molecule has 7 heteroatoms. The maximum atomic E-state index is 12.2. The van der Waals surface area contributed by atoms with Gasteiger partial charge in [-0.25, -0.2) is 9.59 Å². The molecule has 0 heterocycles. The van der Waals surface area contributed by atoms with Crippen molar-refractivity contribution in [2.24, 2.45) is 5.92 Å². The molecule has 1 saturated carbocycles. The van der Waals surface area contributed by atoms with Crippen LogP contribution >= 0.6 is 0 Å². The lowest BCUT2D eigenvalue weighted by Gasteiger charge is -2.42. The number of amides is 2. The topological polar surface area (TPSA) is 105 Å². The molecule has 1 aliphatic rings. The molecule has 24 heavy (non-hydrogen) atoms. The Bertz CT molecular complexity index is 478. The molecule has 0 spiro atoms. The average Bonchev–Trinajstić information content (AvgIpc) is 2.32. The first kappa shape index (κ1) is 20.3. The van der Waals surface area contributed by atoms with Crippen LogP contribution in [-0.4, -0.2) is 40.3 Å². The normalized spacial score (nSPS) is 17.6. The third-order valence-electron chi connectivity index (χ3n) is 3.92. The maximum Gasteiger partial charge on any atom is 0.408 e. The fourth-order valence-electron chi connectivity index (χ4n) is 2.72. The standard InChI is InChI=1S/C17H30N2O5/c1-11(2)9-12(14(21)22)18-13(20)10-17(7-6-8-17)19-15(23)24-16(3,4)5/h11-12H,6-10H2,1-5H3,(H,18,20)(H,19,23)(H,21,22)/t12-/m0/s1. The van der Waals surface area contributed by atoms with Crippen LogP contribution in [0.4, 0.5) is 4.79 Å². The van der Waals surface area contributed by atoms with Crippen molar-refractivity contribution in [2.75, 3.05) is 0 Å². The molecule has 0 aliphatic heterocycles. The first-order valence-electron chi connectivity index (χ1n) is 8.46. The van der Waals surface area contributed by atoms with E-state index in [4.69, 9.17) is 4.74 Å². The Hall–Kier alpha value is -1.79. The van der Waals surface area contributed by atoms with Gasteiger partial charge in [0.25, 0.3) is 0 Å². The summed E-state index contributed by atoms with van der Waals surface area (Å²) in [6.07, 6.45) is 2.16. The van der Waals surface area contributed by atoms with Crippen LogP contribution in [0.2, 0.25) is 0 Å². The van der Waals surface area contributed by atoms with E-state index >= 15 is 0 Å². The van der Waals surface area contributed by atoms with E-state index in [0.717, 1.165) is 6.42 Å². The predicted molar refractivity (Wildman–Crippen MR) is 89.6 cm³/mol. The molecular formula is C17H30N2O5. The maximum absolute atomic E-state index is 12.2. The van der Waals surface area contributed by atoms with Crippen molar-refractivity contribution in [2.45, 2.75) is 83.9 Å². The van der Waals surface area contributed by atoms with Crippen molar-refractivity contribution in [3.63, 3.8) is 0 Å². The molecule has 0 saturated heterocycles. The summed E-state index contributed by atoms with van der Waals surface area (Å²) in [6.45, 7) is 9.13. The summed E-state index contributed by atoms with van der Waals surface area (Å²) in [5.74, 6) is -1.25. The SMILES string of the molecule is CC(C)C[C@H](NC(=O)CC1(NC(=O)OC(C)(C)C)CCC1)C(=O)O. The number of alkyl carbamates (subject to hydrolysis) is 1. The van der Waals surface area contributed by atoms with Crippen molar-refractivity contribution in [1.82, 2.24) is 10.6 Å². The third kappa shape index (κ3) is 6.76. The predicted octanol–water partition coefficient (Wildman–Crippen LogP) is 2.44. The highest BCUT2D eigenvalue weighted by Crippen LogP contribution is 2.35. The van der Waals surface area contributed by atoms with Gasteiger partial charge in [0.1, 0.15) is 11.6 Å². The van der Waals surface area contributed by atoms with Crippen molar-refractivity contribution >= 4 is 18.0 Å². The number of hydrogen-bond donors (Lipinski definition) is 3. The second-order valence-electron chi connectivity index (χ2n) is 8.03. The third-order valence-corrected chi connectivity index (χ3v) is 3.92. The van der Waals surface area contributed by atoms with Crippen LogP contribution in [0.5, 0.6) is 0 Å². The minimum absolute atomic E-state index is 0.0636. The van der Waals surface area contributed by atoms with E-state index < -0.39 is 29.2 Å². The average molecular weight is 342 g/mol. The summed E-state index contributed by atoms with van der Waals surface area (Å²) in [5, 5.41) is 14.6. The van der Waals surface area contributed by atoms with E-state index in [1.165, 1.54) is 0 Å². The lowest BCUT2D eigenvalue weighted by molar-refractivity contribution is -0.142. The highest BCUT2D eigenvalue weighted by atomic mass is 16.6. The van der Waals surface area contributed by atoms with Gasteiger partial charge in [-0.1, -0.05) is 13.8 Å². The van der Waals surface area contributed by atoms with Gasteiger partial charge in [0.2, 0.25) is 5.91 Å². The fourth-order valence-corrected chi connectivity index (χ4v) is 2.72. The summed E-state index contributed by atoms with van der Waals surface area (Å²) in [5.41, 5.74) is -1.24. The molecule has 0 aromatic rings. The molecule has 2 amide bonds. The zero-order valence-electron chi connectivity index (χ0n) is 15.3. The first-order valence-corrected chi connectivity index (χ1v) is 8.46. The van der Waals surface area contributed by atoms with Crippen molar-refractivity contribution in [1.29, 1.82) is 0 Å². The Balaban J connectivity index is 2.61. The van der Waals surface area contributed by atoms with Gasteiger partial charge < -0.3 is 20.5 Å².